The van der Waals surface area contributed by atoms with Gasteiger partial charge in [-0.1, -0.05) is 6.07 Å². The Hall–Kier alpha value is -1.79. The molecule has 1 heterocycles. The molecule has 0 saturated heterocycles. The zero-order valence-electron chi connectivity index (χ0n) is 11.9. The van der Waals surface area contributed by atoms with Gasteiger partial charge < -0.3 is 25.0 Å². The van der Waals surface area contributed by atoms with E-state index in [1.54, 1.807) is 0 Å². The molecule has 1 amide bonds. The Morgan fingerprint density at radius 1 is 1.30 bits per heavy atom. The molecule has 1 aromatic rings. The molecule has 0 spiro atoms. The van der Waals surface area contributed by atoms with E-state index >= 15 is 0 Å². The SMILES string of the molecule is CN(C)CCNC(=O)CNCc1ccc2c(c1)OCO2. The molecule has 0 aliphatic carbocycles. The van der Waals surface area contributed by atoms with Gasteiger partial charge in [0.2, 0.25) is 12.7 Å². The van der Waals surface area contributed by atoms with E-state index in [0.717, 1.165) is 23.6 Å². The molecule has 2 N–H and O–H groups in total. The standard InChI is InChI=1S/C14H21N3O3/c1-17(2)6-5-16-14(18)9-15-8-11-3-4-12-13(7-11)20-10-19-12/h3-4,7,15H,5-6,8-10H2,1-2H3,(H,16,18). The van der Waals surface area contributed by atoms with Crippen LogP contribution in [0.3, 0.4) is 0 Å². The Morgan fingerprint density at radius 2 is 2.10 bits per heavy atom. The van der Waals surface area contributed by atoms with Crippen molar-refractivity contribution >= 4 is 5.91 Å². The summed E-state index contributed by atoms with van der Waals surface area (Å²) in [7, 11) is 3.95. The first kappa shape index (κ1) is 14.6. The molecule has 2 rings (SSSR count). The van der Waals surface area contributed by atoms with Crippen LogP contribution in [0.5, 0.6) is 11.5 Å². The summed E-state index contributed by atoms with van der Waals surface area (Å²) in [6.45, 7) is 2.71. The number of hydrogen-bond donors (Lipinski definition) is 2. The minimum Gasteiger partial charge on any atom is -0.454 e. The highest BCUT2D eigenvalue weighted by Crippen LogP contribution is 2.32. The Labute approximate surface area is 119 Å². The van der Waals surface area contributed by atoms with Crippen molar-refractivity contribution in [1.29, 1.82) is 0 Å². The molecule has 0 aromatic heterocycles. The monoisotopic (exact) mass is 279 g/mol. The number of carbonyl (C=O) groups excluding carboxylic acids is 1. The molecule has 0 fully saturated rings. The summed E-state index contributed by atoms with van der Waals surface area (Å²) in [5.74, 6) is 1.54. The van der Waals surface area contributed by atoms with Crippen molar-refractivity contribution in [1.82, 2.24) is 15.5 Å². The number of ether oxygens (including phenoxy) is 2. The van der Waals surface area contributed by atoms with Crippen LogP contribution >= 0.6 is 0 Å². The number of hydrogen-bond acceptors (Lipinski definition) is 5. The van der Waals surface area contributed by atoms with E-state index in [0.29, 0.717) is 19.6 Å². The highest BCUT2D eigenvalue weighted by molar-refractivity contribution is 5.77. The number of benzene rings is 1. The summed E-state index contributed by atoms with van der Waals surface area (Å²) >= 11 is 0. The van der Waals surface area contributed by atoms with Crippen LogP contribution in [-0.4, -0.2) is 51.3 Å². The van der Waals surface area contributed by atoms with Crippen LogP contribution < -0.4 is 20.1 Å². The molecule has 1 aliphatic rings. The Kier molecular flexibility index (Phi) is 5.20. The van der Waals surface area contributed by atoms with Gasteiger partial charge in [0.05, 0.1) is 6.54 Å². The van der Waals surface area contributed by atoms with Gasteiger partial charge in [-0.25, -0.2) is 0 Å². The number of carbonyl (C=O) groups is 1. The van der Waals surface area contributed by atoms with Gasteiger partial charge in [0.1, 0.15) is 0 Å². The van der Waals surface area contributed by atoms with Crippen LogP contribution in [0.4, 0.5) is 0 Å². The number of nitrogens with one attached hydrogen (secondary N) is 2. The third-order valence-corrected chi connectivity index (χ3v) is 2.93. The van der Waals surface area contributed by atoms with Crippen LogP contribution in [0.1, 0.15) is 5.56 Å². The minimum atomic E-state index is 0.00703. The van der Waals surface area contributed by atoms with Crippen molar-refractivity contribution in [2.24, 2.45) is 0 Å². The normalized spacial score (nSPS) is 12.8. The zero-order chi connectivity index (χ0) is 14.4. The quantitative estimate of drug-likeness (QED) is 0.745. The average Bonchev–Trinajstić information content (AvgIpc) is 2.85. The van der Waals surface area contributed by atoms with E-state index in [2.05, 4.69) is 10.6 Å². The van der Waals surface area contributed by atoms with E-state index in [9.17, 15) is 4.79 Å². The van der Waals surface area contributed by atoms with E-state index in [-0.39, 0.29) is 12.7 Å². The van der Waals surface area contributed by atoms with Gasteiger partial charge in [0.15, 0.2) is 11.5 Å². The van der Waals surface area contributed by atoms with Gasteiger partial charge in [-0.15, -0.1) is 0 Å². The molecule has 1 aliphatic heterocycles. The van der Waals surface area contributed by atoms with Crippen LogP contribution in [0.2, 0.25) is 0 Å². The first-order chi connectivity index (χ1) is 9.65. The molecule has 6 nitrogen and oxygen atoms in total. The second-order valence-corrected chi connectivity index (χ2v) is 4.94. The third kappa shape index (κ3) is 4.40. The molecule has 20 heavy (non-hydrogen) atoms. The lowest BCUT2D eigenvalue weighted by Gasteiger charge is -2.11. The van der Waals surface area contributed by atoms with Crippen molar-refractivity contribution in [3.63, 3.8) is 0 Å². The summed E-state index contributed by atoms with van der Waals surface area (Å²) in [5, 5.41) is 5.96. The fourth-order valence-corrected chi connectivity index (χ4v) is 1.85. The summed E-state index contributed by atoms with van der Waals surface area (Å²) in [6.07, 6.45) is 0. The summed E-state index contributed by atoms with van der Waals surface area (Å²) in [4.78, 5) is 13.6. The average molecular weight is 279 g/mol. The Balaban J connectivity index is 1.66. The van der Waals surface area contributed by atoms with Crippen molar-refractivity contribution in [3.05, 3.63) is 23.8 Å². The minimum absolute atomic E-state index is 0.00703. The molecule has 0 bridgehead atoms. The van der Waals surface area contributed by atoms with Crippen LogP contribution in [0, 0.1) is 0 Å². The van der Waals surface area contributed by atoms with Gasteiger partial charge in [-0.3, -0.25) is 4.79 Å². The Morgan fingerprint density at radius 3 is 2.90 bits per heavy atom. The maximum atomic E-state index is 11.6. The second kappa shape index (κ2) is 7.12. The maximum Gasteiger partial charge on any atom is 0.234 e. The van der Waals surface area contributed by atoms with Crippen LogP contribution in [0.25, 0.3) is 0 Å². The highest BCUT2D eigenvalue weighted by atomic mass is 16.7. The number of nitrogens with zero attached hydrogens (tertiary/aromatic N) is 1. The number of rotatable bonds is 7. The summed E-state index contributed by atoms with van der Waals surface area (Å²) in [5.41, 5.74) is 1.07. The van der Waals surface area contributed by atoms with Gasteiger partial charge in [0, 0.05) is 19.6 Å². The predicted octanol–water partition coefficient (Wildman–Crippen LogP) is 0.183. The molecule has 0 saturated carbocycles. The van der Waals surface area contributed by atoms with Crippen LogP contribution in [-0.2, 0) is 11.3 Å². The number of likely N-dealkylation sites (N-methyl/N-ethyl adjacent to an activating group) is 1. The van der Waals surface area contributed by atoms with E-state index < -0.39 is 0 Å². The topological polar surface area (TPSA) is 62.8 Å². The molecular formula is C14H21N3O3. The van der Waals surface area contributed by atoms with Gasteiger partial charge >= 0.3 is 0 Å². The number of fused-ring (bicyclic) bond motifs is 1. The summed E-state index contributed by atoms with van der Waals surface area (Å²) < 4.78 is 10.6. The lowest BCUT2D eigenvalue weighted by atomic mass is 10.2. The first-order valence-electron chi connectivity index (χ1n) is 6.66. The molecule has 0 radical (unpaired) electrons. The maximum absolute atomic E-state index is 11.6. The molecule has 0 unspecified atom stereocenters. The molecular weight excluding hydrogens is 258 g/mol. The van der Waals surface area contributed by atoms with Gasteiger partial charge in [0.25, 0.3) is 0 Å². The van der Waals surface area contributed by atoms with E-state index in [4.69, 9.17) is 9.47 Å². The predicted molar refractivity (Wildman–Crippen MR) is 75.8 cm³/mol. The second-order valence-electron chi connectivity index (χ2n) is 4.94. The van der Waals surface area contributed by atoms with Gasteiger partial charge in [-0.05, 0) is 31.8 Å². The van der Waals surface area contributed by atoms with Crippen molar-refractivity contribution < 1.29 is 14.3 Å². The molecule has 6 heteroatoms. The van der Waals surface area contributed by atoms with E-state index in [1.165, 1.54) is 0 Å². The van der Waals surface area contributed by atoms with Crippen molar-refractivity contribution in [3.8, 4) is 11.5 Å². The zero-order valence-corrected chi connectivity index (χ0v) is 11.9. The van der Waals surface area contributed by atoms with Gasteiger partial charge in [-0.2, -0.15) is 0 Å². The molecule has 0 atom stereocenters. The first-order valence-corrected chi connectivity index (χ1v) is 6.66. The molecule has 1 aromatic carbocycles. The lowest BCUT2D eigenvalue weighted by Crippen LogP contribution is -2.37. The number of amides is 1. The summed E-state index contributed by atoms with van der Waals surface area (Å²) in [6, 6.07) is 5.78. The smallest absolute Gasteiger partial charge is 0.234 e. The van der Waals surface area contributed by atoms with Crippen molar-refractivity contribution in [2.75, 3.05) is 40.5 Å². The third-order valence-electron chi connectivity index (χ3n) is 2.93. The fourth-order valence-electron chi connectivity index (χ4n) is 1.85. The van der Waals surface area contributed by atoms with Crippen LogP contribution in [0.15, 0.2) is 18.2 Å². The molecule has 110 valence electrons. The fraction of sp³-hybridized carbons (Fsp3) is 0.500. The largest absolute Gasteiger partial charge is 0.454 e. The van der Waals surface area contributed by atoms with E-state index in [1.807, 2.05) is 37.2 Å². The highest BCUT2D eigenvalue weighted by Gasteiger charge is 2.12. The lowest BCUT2D eigenvalue weighted by molar-refractivity contribution is -0.120. The Bertz CT molecular complexity index is 463. The van der Waals surface area contributed by atoms with Crippen molar-refractivity contribution in [2.45, 2.75) is 6.54 Å².